The van der Waals surface area contributed by atoms with Crippen LogP contribution in [-0.2, 0) is 10.8 Å². The van der Waals surface area contributed by atoms with Gasteiger partial charge in [-0.25, -0.2) is 0 Å². The molecule has 1 atom stereocenters. The summed E-state index contributed by atoms with van der Waals surface area (Å²) in [4.78, 5) is 1.69. The van der Waals surface area contributed by atoms with Gasteiger partial charge in [0.1, 0.15) is 0 Å². The number of unbranched alkanes of at least 4 members (excludes halogenated alkanes) is 3. The second kappa shape index (κ2) is 11.6. The Morgan fingerprint density at radius 2 is 1.50 bits per heavy atom. The van der Waals surface area contributed by atoms with Crippen molar-refractivity contribution >= 4 is 40.9 Å². The van der Waals surface area contributed by atoms with Crippen LogP contribution < -0.4 is 2.89 Å². The number of rotatable bonds is 12. The van der Waals surface area contributed by atoms with Crippen molar-refractivity contribution in [1.82, 2.24) is 0 Å². The number of hydrogen-bond donors (Lipinski definition) is 0. The van der Waals surface area contributed by atoms with E-state index in [1.807, 2.05) is 2.89 Å². The third kappa shape index (κ3) is 6.66. The van der Waals surface area contributed by atoms with E-state index in [0.29, 0.717) is 0 Å². The Hall–Kier alpha value is 0.676. The molecule has 4 heteroatoms. The van der Waals surface area contributed by atoms with E-state index in [2.05, 4.69) is 85.9 Å². The summed E-state index contributed by atoms with van der Waals surface area (Å²) in [5, 5.41) is 0.256. The molecular weight excluding hydrogens is 531 g/mol. The van der Waals surface area contributed by atoms with Crippen molar-refractivity contribution in [2.45, 2.75) is 144 Å². The molecule has 2 rings (SSSR count). The molecule has 0 saturated heterocycles. The zero-order valence-electron chi connectivity index (χ0n) is 23.2. The molecule has 0 fully saturated rings. The molecule has 1 nitrogen and oxygen atoms in total. The van der Waals surface area contributed by atoms with Crippen molar-refractivity contribution in [3.8, 4) is 0 Å². The van der Waals surface area contributed by atoms with Crippen LogP contribution in [0.25, 0.3) is 0 Å². The summed E-state index contributed by atoms with van der Waals surface area (Å²) >= 11 is -0.124. The Morgan fingerprint density at radius 1 is 1.00 bits per heavy atom. The van der Waals surface area contributed by atoms with Gasteiger partial charge < -0.3 is 0 Å². The zero-order valence-corrected chi connectivity index (χ0v) is 27.9. The first kappa shape index (κ1) is 28.9. The van der Waals surface area contributed by atoms with E-state index in [0.717, 1.165) is 0 Å². The van der Waals surface area contributed by atoms with E-state index in [-0.39, 0.29) is 16.6 Å². The van der Waals surface area contributed by atoms with Gasteiger partial charge in [-0.15, -0.1) is 0 Å². The first-order valence-electron chi connectivity index (χ1n) is 13.6. The van der Waals surface area contributed by atoms with Crippen LogP contribution in [0.2, 0.25) is 31.4 Å². The fourth-order valence-corrected chi connectivity index (χ4v) is 27.0. The molecule has 1 aromatic heterocycles. The standard InChI is InChI=1S/C16H27OSSi.3C4H9.Sn/c1-15(2,3)19(6,7)17-14-12-9-11-18-13(12)8-10-16(14,4)5;3*1-3-4-2;/h9,14H,8,10H2,1-7H3;3*1,3-4H2,2H3;. The monoisotopic (exact) mass is 586 g/mol. The van der Waals surface area contributed by atoms with E-state index >= 15 is 0 Å². The predicted molar refractivity (Wildman–Crippen MR) is 152 cm³/mol. The third-order valence-corrected chi connectivity index (χ3v) is 32.5. The summed E-state index contributed by atoms with van der Waals surface area (Å²) in [6.45, 7) is 24.1. The molecule has 1 unspecified atom stereocenters. The van der Waals surface area contributed by atoms with Gasteiger partial charge in [0.25, 0.3) is 0 Å². The quantitative estimate of drug-likeness (QED) is 0.222. The molecule has 1 heterocycles. The first-order valence-corrected chi connectivity index (χ1v) is 24.8. The van der Waals surface area contributed by atoms with Gasteiger partial charge in [-0.3, -0.25) is 0 Å². The number of aryl methyl sites for hydroxylation is 1. The van der Waals surface area contributed by atoms with Crippen molar-refractivity contribution in [2.75, 3.05) is 0 Å². The van der Waals surface area contributed by atoms with Crippen LogP contribution in [0.15, 0.2) is 6.07 Å². The summed E-state index contributed by atoms with van der Waals surface area (Å²) < 4.78 is 13.8. The topological polar surface area (TPSA) is 9.23 Å². The predicted octanol–water partition coefficient (Wildman–Crippen LogP) is 9.84. The maximum atomic E-state index is 7.22. The van der Waals surface area contributed by atoms with E-state index < -0.39 is 26.7 Å². The molecule has 0 spiro atoms. The Labute approximate surface area is 210 Å². The Bertz CT molecular complexity index is 694. The van der Waals surface area contributed by atoms with Crippen LogP contribution in [0, 0.1) is 5.41 Å². The van der Waals surface area contributed by atoms with Crippen molar-refractivity contribution in [2.24, 2.45) is 5.41 Å². The fourth-order valence-electron chi connectivity index (χ4n) is 5.09. The molecule has 0 saturated carbocycles. The van der Waals surface area contributed by atoms with E-state index in [1.54, 1.807) is 23.8 Å². The van der Waals surface area contributed by atoms with Gasteiger partial charge in [-0.1, -0.05) is 0 Å². The molecule has 0 aliphatic heterocycles. The second-order valence-corrected chi connectivity index (χ2v) is 32.9. The average molecular weight is 586 g/mol. The maximum absolute atomic E-state index is 7.22. The van der Waals surface area contributed by atoms with E-state index in [1.165, 1.54) is 51.4 Å². The number of thiophene rings is 1. The minimum absolute atomic E-state index is 0.231. The van der Waals surface area contributed by atoms with Gasteiger partial charge >= 0.3 is 212 Å². The molecular formula is C28H54OSSiSn. The molecule has 1 aliphatic rings. The first-order chi connectivity index (χ1) is 14.8. The molecule has 0 radical (unpaired) electrons. The fraction of sp³-hybridized carbons (Fsp3) is 0.857. The van der Waals surface area contributed by atoms with E-state index in [9.17, 15) is 0 Å². The van der Waals surface area contributed by atoms with Crippen LogP contribution in [0.5, 0.6) is 0 Å². The average Bonchev–Trinajstić information content (AvgIpc) is 3.14. The Morgan fingerprint density at radius 3 is 1.94 bits per heavy atom. The Kier molecular flexibility index (Phi) is 10.5. The van der Waals surface area contributed by atoms with Crippen LogP contribution in [0.4, 0.5) is 0 Å². The van der Waals surface area contributed by atoms with Crippen LogP contribution >= 0.6 is 11.3 Å². The summed E-state index contributed by atoms with van der Waals surface area (Å²) in [6, 6.07) is 2.75. The molecule has 0 bridgehead atoms. The summed E-state index contributed by atoms with van der Waals surface area (Å²) in [5.41, 5.74) is 1.84. The van der Waals surface area contributed by atoms with Gasteiger partial charge in [0.2, 0.25) is 0 Å². The third-order valence-electron chi connectivity index (χ3n) is 8.60. The minimum atomic E-state index is -2.38. The van der Waals surface area contributed by atoms with E-state index in [4.69, 9.17) is 4.43 Å². The molecule has 0 aromatic carbocycles. The molecule has 0 N–H and O–H groups in total. The van der Waals surface area contributed by atoms with Gasteiger partial charge in [-0.05, 0) is 0 Å². The molecule has 186 valence electrons. The SMILES string of the molecule is CCC[CH2][Sn]([CH2]CCC)([CH2]CCC)[c]1cc2c(s1)CCC(C)(C)C2O[Si](C)(C)C(C)(C)C. The summed E-state index contributed by atoms with van der Waals surface area (Å²) in [5.74, 6) is 0. The van der Waals surface area contributed by atoms with Gasteiger partial charge in [0.05, 0.1) is 0 Å². The van der Waals surface area contributed by atoms with Gasteiger partial charge in [-0.2, -0.15) is 0 Å². The molecule has 0 amide bonds. The zero-order chi connectivity index (χ0) is 24.2. The molecule has 1 aliphatic carbocycles. The Balaban J connectivity index is 2.52. The van der Waals surface area contributed by atoms with Crippen molar-refractivity contribution in [3.05, 3.63) is 16.5 Å². The normalized spacial score (nSPS) is 19.2. The van der Waals surface area contributed by atoms with Crippen LogP contribution in [-0.4, -0.2) is 26.7 Å². The van der Waals surface area contributed by atoms with Crippen molar-refractivity contribution in [1.29, 1.82) is 0 Å². The van der Waals surface area contributed by atoms with Crippen LogP contribution in [0.3, 0.4) is 0 Å². The number of hydrogen-bond acceptors (Lipinski definition) is 2. The van der Waals surface area contributed by atoms with Gasteiger partial charge in [0, 0.05) is 0 Å². The van der Waals surface area contributed by atoms with Gasteiger partial charge in [0.15, 0.2) is 0 Å². The molecule has 1 aromatic rings. The molecule has 32 heavy (non-hydrogen) atoms. The second-order valence-electron chi connectivity index (χ2n) is 12.8. The summed E-state index contributed by atoms with van der Waals surface area (Å²) in [6.07, 6.45) is 11.2. The van der Waals surface area contributed by atoms with Crippen LogP contribution in [0.1, 0.15) is 117 Å². The van der Waals surface area contributed by atoms with Crippen molar-refractivity contribution in [3.63, 3.8) is 0 Å². The van der Waals surface area contributed by atoms with Crippen molar-refractivity contribution < 1.29 is 4.43 Å². The number of fused-ring (bicyclic) bond motifs is 1. The summed E-state index contributed by atoms with van der Waals surface area (Å²) in [7, 11) is -1.83.